The molecule has 0 unspecified atom stereocenters. The molecule has 1 aliphatic heterocycles. The molecule has 1 fully saturated rings. The summed E-state index contributed by atoms with van der Waals surface area (Å²) < 4.78 is 12.1. The molecule has 1 saturated heterocycles. The lowest BCUT2D eigenvalue weighted by atomic mass is 9.80. The Labute approximate surface area is 131 Å². The van der Waals surface area contributed by atoms with E-state index in [0.29, 0.717) is 0 Å². The third kappa shape index (κ3) is 2.62. The van der Waals surface area contributed by atoms with Crippen LogP contribution in [0, 0.1) is 0 Å². The van der Waals surface area contributed by atoms with Gasteiger partial charge in [0.25, 0.3) is 0 Å². The number of nitrogens with zero attached hydrogens (tertiary/aromatic N) is 1. The lowest BCUT2D eigenvalue weighted by molar-refractivity contribution is 0.00578. The molecule has 22 heavy (non-hydrogen) atoms. The Bertz CT molecular complexity index is 650. The van der Waals surface area contributed by atoms with Crippen LogP contribution in [0.1, 0.15) is 27.7 Å². The molecule has 2 heterocycles. The smallest absolute Gasteiger partial charge is 0.399 e. The quantitative estimate of drug-likeness (QED) is 0.683. The summed E-state index contributed by atoms with van der Waals surface area (Å²) in [6.07, 6.45) is 1.81. The van der Waals surface area contributed by atoms with Gasteiger partial charge in [-0.1, -0.05) is 18.2 Å². The lowest BCUT2D eigenvalue weighted by Crippen LogP contribution is -2.41. The van der Waals surface area contributed by atoms with Crippen LogP contribution in [0.3, 0.4) is 0 Å². The summed E-state index contributed by atoms with van der Waals surface area (Å²) in [7, 11) is -0.377. The summed E-state index contributed by atoms with van der Waals surface area (Å²) in [6, 6.07) is 11.7. The molecule has 1 aromatic carbocycles. The van der Waals surface area contributed by atoms with Gasteiger partial charge in [-0.05, 0) is 45.9 Å². The Hall–Kier alpha value is -1.85. The van der Waals surface area contributed by atoms with Crippen molar-refractivity contribution in [2.24, 2.45) is 0 Å². The number of pyridine rings is 1. The molecule has 2 N–H and O–H groups in total. The minimum atomic E-state index is -0.377. The first kappa shape index (κ1) is 15.1. The molecular weight excluding hydrogens is 275 g/mol. The topological polar surface area (TPSA) is 57.4 Å². The first-order valence-corrected chi connectivity index (χ1v) is 7.46. The monoisotopic (exact) mass is 296 g/mol. The number of nitrogens with two attached hydrogens (primary N) is 1. The second-order valence-corrected chi connectivity index (χ2v) is 6.69. The van der Waals surface area contributed by atoms with Crippen molar-refractivity contribution in [3.8, 4) is 11.3 Å². The molecule has 0 saturated carbocycles. The van der Waals surface area contributed by atoms with Crippen LogP contribution in [0.4, 0.5) is 5.69 Å². The van der Waals surface area contributed by atoms with E-state index < -0.39 is 0 Å². The van der Waals surface area contributed by atoms with Crippen LogP contribution in [0.25, 0.3) is 11.3 Å². The number of nitrogen functional groups attached to an aromatic ring is 1. The first-order valence-electron chi connectivity index (χ1n) is 7.46. The molecule has 1 aliphatic rings. The highest BCUT2D eigenvalue weighted by Gasteiger charge is 2.51. The van der Waals surface area contributed by atoms with Crippen LogP contribution in [0.15, 0.2) is 42.6 Å². The summed E-state index contributed by atoms with van der Waals surface area (Å²) in [5.74, 6) is 0. The largest absolute Gasteiger partial charge is 0.496 e. The van der Waals surface area contributed by atoms with Gasteiger partial charge in [0.2, 0.25) is 0 Å². The summed E-state index contributed by atoms with van der Waals surface area (Å²) in [5.41, 5.74) is 8.65. The second kappa shape index (κ2) is 5.11. The van der Waals surface area contributed by atoms with Crippen molar-refractivity contribution in [2.45, 2.75) is 38.9 Å². The molecule has 0 spiro atoms. The molecule has 0 radical (unpaired) electrons. The average Bonchev–Trinajstić information content (AvgIpc) is 2.68. The van der Waals surface area contributed by atoms with Crippen molar-refractivity contribution in [1.29, 1.82) is 0 Å². The van der Waals surface area contributed by atoms with E-state index in [1.165, 1.54) is 0 Å². The molecule has 2 aromatic rings. The van der Waals surface area contributed by atoms with Gasteiger partial charge >= 0.3 is 7.12 Å². The molecule has 0 aliphatic carbocycles. The van der Waals surface area contributed by atoms with Crippen molar-refractivity contribution < 1.29 is 9.31 Å². The van der Waals surface area contributed by atoms with Gasteiger partial charge in [0.1, 0.15) is 0 Å². The molecule has 0 bridgehead atoms. The van der Waals surface area contributed by atoms with Crippen molar-refractivity contribution in [3.63, 3.8) is 0 Å². The minimum absolute atomic E-state index is 0.340. The zero-order chi connectivity index (χ0) is 16.0. The van der Waals surface area contributed by atoms with E-state index in [4.69, 9.17) is 15.0 Å². The van der Waals surface area contributed by atoms with Crippen LogP contribution in [-0.4, -0.2) is 23.3 Å². The van der Waals surface area contributed by atoms with Gasteiger partial charge in [-0.2, -0.15) is 0 Å². The van der Waals surface area contributed by atoms with Crippen LogP contribution >= 0.6 is 0 Å². The fourth-order valence-electron chi connectivity index (χ4n) is 2.35. The van der Waals surface area contributed by atoms with Gasteiger partial charge in [-0.25, -0.2) is 0 Å². The number of benzene rings is 1. The highest BCUT2D eigenvalue weighted by molar-refractivity contribution is 6.62. The predicted molar refractivity (Wildman–Crippen MR) is 89.8 cm³/mol. The summed E-state index contributed by atoms with van der Waals surface area (Å²) in [4.78, 5) is 4.52. The number of aromatic nitrogens is 1. The van der Waals surface area contributed by atoms with E-state index in [1.807, 2.05) is 70.3 Å². The molecule has 3 rings (SSSR count). The van der Waals surface area contributed by atoms with Crippen LogP contribution in [-0.2, 0) is 9.31 Å². The number of hydrogen-bond donors (Lipinski definition) is 1. The third-order valence-electron chi connectivity index (χ3n) is 4.52. The zero-order valence-corrected chi connectivity index (χ0v) is 13.5. The van der Waals surface area contributed by atoms with Gasteiger partial charge in [0.05, 0.1) is 16.9 Å². The molecular formula is C17H21BN2O2. The summed E-state index contributed by atoms with van der Waals surface area (Å²) >= 11 is 0. The van der Waals surface area contributed by atoms with Crippen molar-refractivity contribution in [2.75, 3.05) is 5.73 Å². The van der Waals surface area contributed by atoms with Crippen LogP contribution in [0.2, 0.25) is 0 Å². The maximum atomic E-state index is 6.03. The molecule has 4 nitrogen and oxygen atoms in total. The van der Waals surface area contributed by atoms with E-state index in [9.17, 15) is 0 Å². The summed E-state index contributed by atoms with van der Waals surface area (Å²) in [5, 5.41) is 0. The van der Waals surface area contributed by atoms with Crippen molar-refractivity contribution in [1.82, 2.24) is 4.98 Å². The highest BCUT2D eigenvalue weighted by atomic mass is 16.7. The van der Waals surface area contributed by atoms with Crippen LogP contribution in [0.5, 0.6) is 0 Å². The van der Waals surface area contributed by atoms with Crippen molar-refractivity contribution in [3.05, 3.63) is 42.6 Å². The Morgan fingerprint density at radius 3 is 2.00 bits per heavy atom. The number of hydrogen-bond acceptors (Lipinski definition) is 4. The molecule has 1 aromatic heterocycles. The van der Waals surface area contributed by atoms with Gasteiger partial charge in [0.15, 0.2) is 0 Å². The maximum Gasteiger partial charge on any atom is 0.496 e. The molecule has 0 amide bonds. The second-order valence-electron chi connectivity index (χ2n) is 6.69. The van der Waals surface area contributed by atoms with E-state index in [0.717, 1.165) is 22.4 Å². The van der Waals surface area contributed by atoms with Gasteiger partial charge < -0.3 is 15.0 Å². The van der Waals surface area contributed by atoms with Gasteiger partial charge in [-0.15, -0.1) is 0 Å². The molecule has 0 atom stereocenters. The summed E-state index contributed by atoms with van der Waals surface area (Å²) in [6.45, 7) is 8.18. The Kier molecular flexibility index (Phi) is 3.50. The Morgan fingerprint density at radius 1 is 0.909 bits per heavy atom. The highest BCUT2D eigenvalue weighted by Crippen LogP contribution is 2.36. The SMILES string of the molecule is CC1(C)OB(c2ccc(-c3ccc(N)cc3)nc2)OC1(C)C. The normalized spacial score (nSPS) is 19.4. The number of rotatable bonds is 2. The van der Waals surface area contributed by atoms with Crippen molar-refractivity contribution >= 4 is 18.3 Å². The zero-order valence-electron chi connectivity index (χ0n) is 13.5. The van der Waals surface area contributed by atoms with E-state index in [-0.39, 0.29) is 18.3 Å². The van der Waals surface area contributed by atoms with E-state index >= 15 is 0 Å². The van der Waals surface area contributed by atoms with Gasteiger partial charge in [0, 0.05) is 22.9 Å². The standard InChI is InChI=1S/C17H21BN2O2/c1-16(2)17(3,4)22-18(21-16)13-7-10-15(20-11-13)12-5-8-14(19)9-6-12/h5-11H,19H2,1-4H3. The minimum Gasteiger partial charge on any atom is -0.399 e. The third-order valence-corrected chi connectivity index (χ3v) is 4.52. The lowest BCUT2D eigenvalue weighted by Gasteiger charge is -2.32. The fraction of sp³-hybridized carbons (Fsp3) is 0.353. The van der Waals surface area contributed by atoms with E-state index in [1.54, 1.807) is 0 Å². The maximum absolute atomic E-state index is 6.03. The van der Waals surface area contributed by atoms with E-state index in [2.05, 4.69) is 4.98 Å². The Morgan fingerprint density at radius 2 is 1.50 bits per heavy atom. The first-order chi connectivity index (χ1) is 10.3. The van der Waals surface area contributed by atoms with Crippen LogP contribution < -0.4 is 11.2 Å². The molecule has 114 valence electrons. The fourth-order valence-corrected chi connectivity index (χ4v) is 2.35. The van der Waals surface area contributed by atoms with Gasteiger partial charge in [-0.3, -0.25) is 4.98 Å². The molecule has 5 heteroatoms. The predicted octanol–water partition coefficient (Wildman–Crippen LogP) is 2.63. The Balaban J connectivity index is 1.82. The average molecular weight is 296 g/mol. The number of anilines is 1.